The highest BCUT2D eigenvalue weighted by Crippen LogP contribution is 2.30. The van der Waals surface area contributed by atoms with E-state index < -0.39 is 0 Å². The summed E-state index contributed by atoms with van der Waals surface area (Å²) in [5.41, 5.74) is 7.00. The van der Waals surface area contributed by atoms with E-state index in [1.807, 2.05) is 18.2 Å². The van der Waals surface area contributed by atoms with Gasteiger partial charge in [-0.15, -0.1) is 23.7 Å². The van der Waals surface area contributed by atoms with Gasteiger partial charge in [-0.05, 0) is 24.1 Å². The standard InChI is InChI=1S/C15H17N3O3S.ClH/c16-8-14-18-11(9-22-14)15(19)17-4-3-10-1-2-12-13(7-10)21-6-5-20-12;/h1-2,7,9H,3-6,8,16H2,(H,17,19);1H. The first kappa shape index (κ1) is 17.5. The number of thiazole rings is 1. The molecule has 0 spiro atoms. The van der Waals surface area contributed by atoms with Gasteiger partial charge in [0, 0.05) is 18.5 Å². The number of halogens is 1. The molecule has 124 valence electrons. The lowest BCUT2D eigenvalue weighted by Crippen LogP contribution is -2.26. The molecule has 8 heteroatoms. The molecule has 0 unspecified atom stereocenters. The molecule has 0 radical (unpaired) electrons. The summed E-state index contributed by atoms with van der Waals surface area (Å²) in [6.45, 7) is 2.05. The number of carbonyl (C=O) groups is 1. The third-order valence-electron chi connectivity index (χ3n) is 3.26. The van der Waals surface area contributed by atoms with Crippen LogP contribution in [0.5, 0.6) is 11.5 Å². The summed E-state index contributed by atoms with van der Waals surface area (Å²) in [5.74, 6) is 1.37. The van der Waals surface area contributed by atoms with Gasteiger partial charge in [0.05, 0.1) is 0 Å². The summed E-state index contributed by atoms with van der Waals surface area (Å²) in [6, 6.07) is 5.84. The lowest BCUT2D eigenvalue weighted by atomic mass is 10.1. The third-order valence-corrected chi connectivity index (χ3v) is 4.14. The normalized spacial score (nSPS) is 12.4. The predicted octanol–water partition coefficient (Wildman–Crippen LogP) is 1.77. The first-order valence-corrected chi connectivity index (χ1v) is 7.95. The van der Waals surface area contributed by atoms with Crippen molar-refractivity contribution in [2.24, 2.45) is 5.73 Å². The largest absolute Gasteiger partial charge is 0.486 e. The zero-order valence-electron chi connectivity index (χ0n) is 12.4. The molecule has 0 bridgehead atoms. The van der Waals surface area contributed by atoms with E-state index in [9.17, 15) is 4.79 Å². The highest BCUT2D eigenvalue weighted by atomic mass is 35.5. The first-order chi connectivity index (χ1) is 10.8. The van der Waals surface area contributed by atoms with Crippen LogP contribution in [0.1, 0.15) is 21.1 Å². The van der Waals surface area contributed by atoms with Crippen molar-refractivity contribution in [3.63, 3.8) is 0 Å². The number of fused-ring (bicyclic) bond motifs is 1. The van der Waals surface area contributed by atoms with Crippen LogP contribution in [0.2, 0.25) is 0 Å². The minimum atomic E-state index is -0.173. The lowest BCUT2D eigenvalue weighted by Gasteiger charge is -2.18. The van der Waals surface area contributed by atoms with E-state index in [1.54, 1.807) is 5.38 Å². The van der Waals surface area contributed by atoms with Gasteiger partial charge in [0.1, 0.15) is 23.9 Å². The molecule has 0 fully saturated rings. The molecule has 0 saturated heterocycles. The predicted molar refractivity (Wildman–Crippen MR) is 90.7 cm³/mol. The number of hydrogen-bond donors (Lipinski definition) is 2. The van der Waals surface area contributed by atoms with E-state index in [4.69, 9.17) is 15.2 Å². The molecule has 0 saturated carbocycles. The number of amides is 1. The van der Waals surface area contributed by atoms with E-state index in [0.29, 0.717) is 32.0 Å². The van der Waals surface area contributed by atoms with E-state index in [0.717, 1.165) is 28.5 Å². The van der Waals surface area contributed by atoms with Crippen LogP contribution in [-0.2, 0) is 13.0 Å². The molecule has 1 aromatic carbocycles. The third kappa shape index (κ3) is 4.34. The summed E-state index contributed by atoms with van der Waals surface area (Å²) in [6.07, 6.45) is 0.719. The Balaban J connectivity index is 0.00000192. The molecule has 0 atom stereocenters. The van der Waals surface area contributed by atoms with Crippen LogP contribution in [0, 0.1) is 0 Å². The summed E-state index contributed by atoms with van der Waals surface area (Å²) in [5, 5.41) is 5.34. The second-order valence-corrected chi connectivity index (χ2v) is 5.76. The van der Waals surface area contributed by atoms with Crippen LogP contribution in [0.15, 0.2) is 23.6 Å². The van der Waals surface area contributed by atoms with Gasteiger partial charge in [0.15, 0.2) is 11.5 Å². The van der Waals surface area contributed by atoms with Gasteiger partial charge in [-0.3, -0.25) is 4.79 Å². The second kappa shape index (κ2) is 8.14. The van der Waals surface area contributed by atoms with E-state index >= 15 is 0 Å². The molecule has 2 heterocycles. The van der Waals surface area contributed by atoms with Crippen LogP contribution in [0.25, 0.3) is 0 Å². The Labute approximate surface area is 144 Å². The van der Waals surface area contributed by atoms with Crippen molar-refractivity contribution < 1.29 is 14.3 Å². The van der Waals surface area contributed by atoms with E-state index in [2.05, 4.69) is 10.3 Å². The zero-order chi connectivity index (χ0) is 15.4. The minimum Gasteiger partial charge on any atom is -0.486 e. The molecule has 2 aromatic rings. The van der Waals surface area contributed by atoms with Crippen molar-refractivity contribution in [2.75, 3.05) is 19.8 Å². The van der Waals surface area contributed by atoms with Gasteiger partial charge in [-0.1, -0.05) is 6.07 Å². The van der Waals surface area contributed by atoms with Crippen molar-refractivity contribution in [1.82, 2.24) is 10.3 Å². The van der Waals surface area contributed by atoms with Gasteiger partial charge < -0.3 is 20.5 Å². The van der Waals surface area contributed by atoms with Crippen molar-refractivity contribution >= 4 is 29.7 Å². The summed E-state index contributed by atoms with van der Waals surface area (Å²) < 4.78 is 11.0. The fraction of sp³-hybridized carbons (Fsp3) is 0.333. The maximum absolute atomic E-state index is 11.9. The van der Waals surface area contributed by atoms with Crippen LogP contribution in [0.4, 0.5) is 0 Å². The maximum Gasteiger partial charge on any atom is 0.270 e. The van der Waals surface area contributed by atoms with Crippen LogP contribution < -0.4 is 20.5 Å². The van der Waals surface area contributed by atoms with Gasteiger partial charge in [-0.25, -0.2) is 4.98 Å². The van der Waals surface area contributed by atoms with Crippen molar-refractivity contribution in [3.8, 4) is 11.5 Å². The Morgan fingerprint density at radius 2 is 2.09 bits per heavy atom. The topological polar surface area (TPSA) is 86.5 Å². The number of benzene rings is 1. The fourth-order valence-electron chi connectivity index (χ4n) is 2.16. The van der Waals surface area contributed by atoms with Gasteiger partial charge in [-0.2, -0.15) is 0 Å². The molecule has 0 aliphatic carbocycles. The number of carbonyl (C=O) groups excluding carboxylic acids is 1. The van der Waals surface area contributed by atoms with Crippen molar-refractivity contribution in [3.05, 3.63) is 39.8 Å². The number of hydrogen-bond acceptors (Lipinski definition) is 6. The Morgan fingerprint density at radius 1 is 1.30 bits per heavy atom. The Kier molecular flexibility index (Phi) is 6.20. The quantitative estimate of drug-likeness (QED) is 0.853. The zero-order valence-corrected chi connectivity index (χ0v) is 14.0. The molecule has 1 amide bonds. The van der Waals surface area contributed by atoms with Crippen LogP contribution in [-0.4, -0.2) is 30.6 Å². The number of ether oxygens (including phenoxy) is 2. The molecular formula is C15H18ClN3O3S. The maximum atomic E-state index is 11.9. The first-order valence-electron chi connectivity index (χ1n) is 7.07. The van der Waals surface area contributed by atoms with Crippen LogP contribution in [0.3, 0.4) is 0 Å². The number of nitrogens with one attached hydrogen (secondary N) is 1. The Morgan fingerprint density at radius 3 is 2.83 bits per heavy atom. The molecule has 1 aliphatic rings. The monoisotopic (exact) mass is 355 g/mol. The van der Waals surface area contributed by atoms with Gasteiger partial charge in [0.2, 0.25) is 0 Å². The average Bonchev–Trinajstić information content (AvgIpc) is 3.04. The molecule has 23 heavy (non-hydrogen) atoms. The summed E-state index contributed by atoms with van der Waals surface area (Å²) >= 11 is 1.40. The summed E-state index contributed by atoms with van der Waals surface area (Å²) in [7, 11) is 0. The Hall–Kier alpha value is -1.83. The van der Waals surface area contributed by atoms with E-state index in [-0.39, 0.29) is 18.3 Å². The molecular weight excluding hydrogens is 338 g/mol. The van der Waals surface area contributed by atoms with Gasteiger partial charge >= 0.3 is 0 Å². The highest BCUT2D eigenvalue weighted by molar-refractivity contribution is 7.09. The molecule has 3 N–H and O–H groups in total. The van der Waals surface area contributed by atoms with Crippen molar-refractivity contribution in [1.29, 1.82) is 0 Å². The summed E-state index contributed by atoms with van der Waals surface area (Å²) in [4.78, 5) is 16.1. The smallest absolute Gasteiger partial charge is 0.270 e. The second-order valence-electron chi connectivity index (χ2n) is 4.81. The number of rotatable bonds is 5. The Bertz CT molecular complexity index is 678. The molecule has 3 rings (SSSR count). The average molecular weight is 356 g/mol. The highest BCUT2D eigenvalue weighted by Gasteiger charge is 2.12. The van der Waals surface area contributed by atoms with Crippen molar-refractivity contribution in [2.45, 2.75) is 13.0 Å². The SMILES string of the molecule is Cl.NCc1nc(C(=O)NCCc2ccc3c(c2)OCCO3)cs1. The van der Waals surface area contributed by atoms with Crippen LogP contribution >= 0.6 is 23.7 Å². The molecule has 1 aromatic heterocycles. The fourth-order valence-corrected chi connectivity index (χ4v) is 2.82. The minimum absolute atomic E-state index is 0. The van der Waals surface area contributed by atoms with Gasteiger partial charge in [0.25, 0.3) is 5.91 Å². The number of nitrogens with two attached hydrogens (primary N) is 1. The lowest BCUT2D eigenvalue weighted by molar-refractivity contribution is 0.0949. The number of aromatic nitrogens is 1. The number of nitrogens with zero attached hydrogens (tertiary/aromatic N) is 1. The van der Waals surface area contributed by atoms with E-state index in [1.165, 1.54) is 11.3 Å². The molecule has 6 nitrogen and oxygen atoms in total. The molecule has 1 aliphatic heterocycles.